The third-order valence-electron chi connectivity index (χ3n) is 3.48. The van der Waals surface area contributed by atoms with Crippen LogP contribution in [0.2, 0.25) is 5.02 Å². The molecule has 2 rings (SSSR count). The zero-order valence-corrected chi connectivity index (χ0v) is 12.2. The molecule has 0 aromatic heterocycles. The molecular formula is C15H17ClN2O3. The Labute approximate surface area is 128 Å². The lowest BCUT2D eigenvalue weighted by molar-refractivity contribution is -0.143. The first kappa shape index (κ1) is 15.4. The molecule has 1 aromatic rings. The van der Waals surface area contributed by atoms with Crippen molar-refractivity contribution in [2.45, 2.75) is 12.8 Å². The topological polar surface area (TPSA) is 69.6 Å². The maximum Gasteiger partial charge on any atom is 0.321 e. The van der Waals surface area contributed by atoms with Gasteiger partial charge in [-0.15, -0.1) is 0 Å². The second kappa shape index (κ2) is 7.13. The summed E-state index contributed by atoms with van der Waals surface area (Å²) in [6.45, 7) is 0.940. The molecule has 112 valence electrons. The van der Waals surface area contributed by atoms with Crippen LogP contribution in [0.4, 0.5) is 4.79 Å². The summed E-state index contributed by atoms with van der Waals surface area (Å²) in [5.41, 5.74) is 0.935. The monoisotopic (exact) mass is 308 g/mol. The van der Waals surface area contributed by atoms with Crippen molar-refractivity contribution in [3.63, 3.8) is 0 Å². The Balaban J connectivity index is 1.80. The predicted molar refractivity (Wildman–Crippen MR) is 81.0 cm³/mol. The first-order chi connectivity index (χ1) is 10.1. The van der Waals surface area contributed by atoms with E-state index in [2.05, 4.69) is 5.32 Å². The molecular weight excluding hydrogens is 292 g/mol. The molecule has 0 atom stereocenters. The van der Waals surface area contributed by atoms with Crippen LogP contribution in [0.1, 0.15) is 18.4 Å². The zero-order valence-electron chi connectivity index (χ0n) is 11.5. The standard InChI is InChI=1S/C15H17ClN2O3/c16-13-3-1-11(2-4-13)5-8-17-15(21)18-9-6-12(7-10-18)14(19)20/h1-5,8,12H,6-7,9-10H2,(H,17,21)(H,19,20)/b8-5+. The van der Waals surface area contributed by atoms with E-state index in [9.17, 15) is 9.59 Å². The number of benzene rings is 1. The van der Waals surface area contributed by atoms with Gasteiger partial charge in [0, 0.05) is 24.3 Å². The van der Waals surface area contributed by atoms with E-state index in [1.54, 1.807) is 29.3 Å². The van der Waals surface area contributed by atoms with Crippen LogP contribution in [0.3, 0.4) is 0 Å². The Morgan fingerprint density at radius 2 is 1.86 bits per heavy atom. The highest BCUT2D eigenvalue weighted by Gasteiger charge is 2.26. The number of carbonyl (C=O) groups excluding carboxylic acids is 1. The van der Waals surface area contributed by atoms with E-state index in [1.165, 1.54) is 0 Å². The molecule has 21 heavy (non-hydrogen) atoms. The van der Waals surface area contributed by atoms with E-state index in [1.807, 2.05) is 12.1 Å². The van der Waals surface area contributed by atoms with Crippen molar-refractivity contribution in [2.24, 2.45) is 5.92 Å². The summed E-state index contributed by atoms with van der Waals surface area (Å²) >= 11 is 5.79. The second-order valence-corrected chi connectivity index (χ2v) is 5.37. The maximum atomic E-state index is 11.9. The summed E-state index contributed by atoms with van der Waals surface area (Å²) in [6.07, 6.45) is 4.36. The minimum absolute atomic E-state index is 0.205. The highest BCUT2D eigenvalue weighted by atomic mass is 35.5. The SMILES string of the molecule is O=C(O)C1CCN(C(=O)N/C=C/c2ccc(Cl)cc2)CC1. The van der Waals surface area contributed by atoms with Gasteiger partial charge in [0.05, 0.1) is 5.92 Å². The number of nitrogens with zero attached hydrogens (tertiary/aromatic N) is 1. The van der Waals surface area contributed by atoms with Crippen molar-refractivity contribution >= 4 is 29.7 Å². The molecule has 1 aliphatic heterocycles. The van der Waals surface area contributed by atoms with Gasteiger partial charge in [-0.3, -0.25) is 4.79 Å². The minimum atomic E-state index is -0.780. The quantitative estimate of drug-likeness (QED) is 0.902. The molecule has 1 fully saturated rings. The number of hydrogen-bond acceptors (Lipinski definition) is 2. The third kappa shape index (κ3) is 4.49. The van der Waals surface area contributed by atoms with E-state index in [0.717, 1.165) is 5.56 Å². The molecule has 0 bridgehead atoms. The lowest BCUT2D eigenvalue weighted by Gasteiger charge is -2.29. The van der Waals surface area contributed by atoms with Gasteiger partial charge in [-0.2, -0.15) is 0 Å². The number of urea groups is 1. The lowest BCUT2D eigenvalue weighted by Crippen LogP contribution is -2.44. The largest absolute Gasteiger partial charge is 0.481 e. The van der Waals surface area contributed by atoms with Crippen LogP contribution in [-0.4, -0.2) is 35.1 Å². The van der Waals surface area contributed by atoms with E-state index < -0.39 is 5.97 Å². The molecule has 0 radical (unpaired) electrons. The van der Waals surface area contributed by atoms with Gasteiger partial charge in [-0.1, -0.05) is 23.7 Å². The van der Waals surface area contributed by atoms with Crippen LogP contribution in [0, 0.1) is 5.92 Å². The Morgan fingerprint density at radius 3 is 2.43 bits per heavy atom. The minimum Gasteiger partial charge on any atom is -0.481 e. The summed E-state index contributed by atoms with van der Waals surface area (Å²) in [6, 6.07) is 7.05. The Kier molecular flexibility index (Phi) is 5.22. The van der Waals surface area contributed by atoms with Crippen molar-refractivity contribution in [3.8, 4) is 0 Å². The maximum absolute atomic E-state index is 11.9. The molecule has 1 heterocycles. The molecule has 2 N–H and O–H groups in total. The van der Waals surface area contributed by atoms with Crippen LogP contribution in [0.25, 0.3) is 6.08 Å². The normalized spacial score (nSPS) is 16.1. The fraction of sp³-hybridized carbons (Fsp3) is 0.333. The molecule has 5 nitrogen and oxygen atoms in total. The number of carboxylic acids is 1. The number of hydrogen-bond donors (Lipinski definition) is 2. The van der Waals surface area contributed by atoms with E-state index in [0.29, 0.717) is 31.0 Å². The highest BCUT2D eigenvalue weighted by molar-refractivity contribution is 6.30. The van der Waals surface area contributed by atoms with Gasteiger partial charge in [-0.25, -0.2) is 4.79 Å². The molecule has 0 unspecified atom stereocenters. The van der Waals surface area contributed by atoms with Crippen LogP contribution in [-0.2, 0) is 4.79 Å². The van der Waals surface area contributed by atoms with Crippen LogP contribution < -0.4 is 5.32 Å². The fourth-order valence-corrected chi connectivity index (χ4v) is 2.33. The number of nitrogens with one attached hydrogen (secondary N) is 1. The van der Waals surface area contributed by atoms with Gasteiger partial charge in [-0.05, 0) is 36.6 Å². The Hall–Kier alpha value is -2.01. The Bertz CT molecular complexity index is 534. The molecule has 6 heteroatoms. The van der Waals surface area contributed by atoms with Crippen LogP contribution in [0.5, 0.6) is 0 Å². The van der Waals surface area contributed by atoms with Gasteiger partial charge in [0.2, 0.25) is 0 Å². The highest BCUT2D eigenvalue weighted by Crippen LogP contribution is 2.17. The van der Waals surface area contributed by atoms with Crippen molar-refractivity contribution in [2.75, 3.05) is 13.1 Å². The first-order valence-electron chi connectivity index (χ1n) is 6.76. The second-order valence-electron chi connectivity index (χ2n) is 4.93. The van der Waals surface area contributed by atoms with Gasteiger partial charge in [0.15, 0.2) is 0 Å². The average molecular weight is 309 g/mol. The predicted octanol–water partition coefficient (Wildman–Crippen LogP) is 2.82. The fourth-order valence-electron chi connectivity index (χ4n) is 2.20. The number of halogens is 1. The van der Waals surface area contributed by atoms with Gasteiger partial charge >= 0.3 is 12.0 Å². The molecule has 1 aliphatic rings. The lowest BCUT2D eigenvalue weighted by atomic mass is 9.97. The summed E-state index contributed by atoms with van der Waals surface area (Å²) < 4.78 is 0. The van der Waals surface area contributed by atoms with E-state index in [-0.39, 0.29) is 11.9 Å². The third-order valence-corrected chi connectivity index (χ3v) is 3.74. The molecule has 0 aliphatic carbocycles. The molecule has 0 saturated carbocycles. The smallest absolute Gasteiger partial charge is 0.321 e. The number of carboxylic acid groups (broad SMARTS) is 1. The number of likely N-dealkylation sites (tertiary alicyclic amines) is 1. The molecule has 2 amide bonds. The number of rotatable bonds is 3. The van der Waals surface area contributed by atoms with Crippen molar-refractivity contribution in [3.05, 3.63) is 41.1 Å². The Morgan fingerprint density at radius 1 is 1.24 bits per heavy atom. The number of piperidine rings is 1. The number of amides is 2. The summed E-state index contributed by atoms with van der Waals surface area (Å²) in [4.78, 5) is 24.4. The van der Waals surface area contributed by atoms with Crippen LogP contribution in [0.15, 0.2) is 30.5 Å². The van der Waals surface area contributed by atoms with Gasteiger partial charge < -0.3 is 15.3 Å². The first-order valence-corrected chi connectivity index (χ1v) is 7.14. The summed E-state index contributed by atoms with van der Waals surface area (Å²) in [5.74, 6) is -1.11. The van der Waals surface area contributed by atoms with Crippen molar-refractivity contribution in [1.29, 1.82) is 0 Å². The van der Waals surface area contributed by atoms with Crippen molar-refractivity contribution < 1.29 is 14.7 Å². The number of carbonyl (C=O) groups is 2. The van der Waals surface area contributed by atoms with Crippen LogP contribution >= 0.6 is 11.6 Å². The van der Waals surface area contributed by atoms with Crippen molar-refractivity contribution in [1.82, 2.24) is 10.2 Å². The van der Waals surface area contributed by atoms with Gasteiger partial charge in [0.25, 0.3) is 0 Å². The number of aliphatic carboxylic acids is 1. The summed E-state index contributed by atoms with van der Waals surface area (Å²) in [5, 5.41) is 12.3. The molecule has 1 aromatic carbocycles. The zero-order chi connectivity index (χ0) is 15.2. The molecule has 0 spiro atoms. The molecule has 1 saturated heterocycles. The van der Waals surface area contributed by atoms with Gasteiger partial charge in [0.1, 0.15) is 0 Å². The summed E-state index contributed by atoms with van der Waals surface area (Å²) in [7, 11) is 0. The average Bonchev–Trinajstić information content (AvgIpc) is 2.49. The van der Waals surface area contributed by atoms with E-state index >= 15 is 0 Å². The van der Waals surface area contributed by atoms with E-state index in [4.69, 9.17) is 16.7 Å².